The summed E-state index contributed by atoms with van der Waals surface area (Å²) in [6.07, 6.45) is 51.0. The van der Waals surface area contributed by atoms with Crippen LogP contribution in [0, 0.1) is 11.8 Å². The Bertz CT molecular complexity index is 2640. The number of hydrogen-bond acceptors (Lipinski definition) is 20. The van der Waals surface area contributed by atoms with Crippen LogP contribution in [0.5, 0.6) is 11.5 Å². The number of rotatable bonds is 63. The standard InChI is InChI=1S/C18H28O2.C15H22O2.3C11H22O2.C9H16O2.C9H10O2.C7H14O2.2C6H12O2/c1-2-3-4-5-6-7-8-9-16-10-12-17(13-11-16)19-14-18-15-20-18;1(2-7-11-16-12-15-13-17-15)4-8-14-9-5-3-6-10-14;1-3-5-6-10(4-2)7-12-8-11-9-13-11;2*1-2-3-4-5-6-7-8-12-9-11-10-13-11;2*1-2-4-8(5-3-1)10-6-9-7-11-9;1-6(2)3-8-4-7-5-9-7;1-5(2)7-3-6-4-8-6;1-2-3-7-4-6-5-8-6/h10-13,18H,2-9,14-15H2,1H3;3,5-6,9-10,15H,1-2,4,7-8,11-13H2;10-11H,3-9H2,1-2H3;2*11H,2-10H2,1H3;8-9H,1-7H2;1-5,9H,6-7H2;6-7H,3-5H2,1-2H3;5-6H,3-4H2,1-2H3;6H,2-5H2,1H3. The van der Waals surface area contributed by atoms with Crippen LogP contribution in [-0.4, -0.2) is 245 Å². The normalized spacial score (nSPS) is 22.1. The number of benzene rings is 3. The van der Waals surface area contributed by atoms with Crippen molar-refractivity contribution in [2.75, 3.05) is 172 Å². The third-order valence-corrected chi connectivity index (χ3v) is 21.5. The van der Waals surface area contributed by atoms with Crippen LogP contribution in [-0.2, 0) is 98.1 Å². The molecule has 10 aliphatic heterocycles. The zero-order valence-corrected chi connectivity index (χ0v) is 79.5. The Morgan fingerprint density at radius 3 is 0.992 bits per heavy atom. The van der Waals surface area contributed by atoms with Gasteiger partial charge in [0.25, 0.3) is 0 Å². The van der Waals surface area contributed by atoms with Crippen molar-refractivity contribution in [3.63, 3.8) is 0 Å². The van der Waals surface area contributed by atoms with Gasteiger partial charge < -0.3 is 94.7 Å². The highest BCUT2D eigenvalue weighted by atomic mass is 16.6. The number of unbranched alkanes of at least 4 members (excludes halogenated alkanes) is 20. The highest BCUT2D eigenvalue weighted by Gasteiger charge is 2.29. The Morgan fingerprint density at radius 2 is 0.618 bits per heavy atom. The molecule has 1 saturated carbocycles. The van der Waals surface area contributed by atoms with Crippen LogP contribution in [0.2, 0.25) is 0 Å². The minimum absolute atomic E-state index is 0.336. The van der Waals surface area contributed by atoms with Crippen LogP contribution >= 0.6 is 0 Å². The van der Waals surface area contributed by atoms with Crippen LogP contribution in [0.3, 0.4) is 0 Å². The molecule has 20 heteroatoms. The van der Waals surface area contributed by atoms with Crippen molar-refractivity contribution in [1.29, 1.82) is 0 Å². The molecule has 14 rings (SSSR count). The first kappa shape index (κ1) is 110. The van der Waals surface area contributed by atoms with Gasteiger partial charge >= 0.3 is 0 Å². The summed E-state index contributed by atoms with van der Waals surface area (Å²) < 4.78 is 105. The van der Waals surface area contributed by atoms with Gasteiger partial charge in [0.15, 0.2) is 0 Å². The predicted molar refractivity (Wildman–Crippen MR) is 496 cm³/mol. The minimum atomic E-state index is 0.336. The van der Waals surface area contributed by atoms with Crippen molar-refractivity contribution in [2.24, 2.45) is 11.8 Å². The Kier molecular flexibility index (Phi) is 69.2. The highest BCUT2D eigenvalue weighted by molar-refractivity contribution is 5.27. The molecule has 10 heterocycles. The van der Waals surface area contributed by atoms with E-state index >= 15 is 0 Å². The quantitative estimate of drug-likeness (QED) is 0.0379. The maximum atomic E-state index is 5.68. The maximum absolute atomic E-state index is 5.68. The van der Waals surface area contributed by atoms with Crippen LogP contribution in [0.25, 0.3) is 0 Å². The molecule has 0 aromatic heterocycles. The summed E-state index contributed by atoms with van der Waals surface area (Å²) in [5.41, 5.74) is 2.88. The van der Waals surface area contributed by atoms with Gasteiger partial charge in [-0.2, -0.15) is 0 Å². The molecule has 10 saturated heterocycles. The lowest BCUT2D eigenvalue weighted by Gasteiger charge is -2.21. The second-order valence-corrected chi connectivity index (χ2v) is 35.3. The van der Waals surface area contributed by atoms with Crippen molar-refractivity contribution >= 4 is 0 Å². The van der Waals surface area contributed by atoms with Gasteiger partial charge in [0.05, 0.1) is 131 Å². The number of aryl methyl sites for hydroxylation is 2. The molecule has 0 radical (unpaired) electrons. The average molecular weight is 1740 g/mol. The summed E-state index contributed by atoms with van der Waals surface area (Å²) in [7, 11) is 0. The van der Waals surface area contributed by atoms with E-state index in [0.29, 0.717) is 92.4 Å². The van der Waals surface area contributed by atoms with E-state index in [2.05, 4.69) is 110 Å². The zero-order valence-electron chi connectivity index (χ0n) is 79.5. The van der Waals surface area contributed by atoms with E-state index in [9.17, 15) is 0 Å². The monoisotopic (exact) mass is 1740 g/mol. The third kappa shape index (κ3) is 78.1. The summed E-state index contributed by atoms with van der Waals surface area (Å²) in [4.78, 5) is 0. The molecular weight excluding hydrogens is 1560 g/mol. The van der Waals surface area contributed by atoms with Gasteiger partial charge in [-0.1, -0.05) is 270 Å². The second kappa shape index (κ2) is 77.3. The molecule has 11 unspecified atom stereocenters. The third-order valence-electron chi connectivity index (χ3n) is 21.5. The van der Waals surface area contributed by atoms with Gasteiger partial charge in [-0.15, -0.1) is 0 Å². The largest absolute Gasteiger partial charge is 0.491 e. The van der Waals surface area contributed by atoms with Crippen molar-refractivity contribution in [3.8, 4) is 11.5 Å². The molecule has 0 spiro atoms. The lowest BCUT2D eigenvalue weighted by molar-refractivity contribution is 0.0199. The SMILES string of the molecule is C1CCC(OCC2CO2)CC1.CC(C)COCC1CO1.CC(C)OCC1CO1.CCCCC(CC)COCC1CO1.CCCCCCCCCc1ccc(OCC2CO2)cc1.CCCCCCCCOCC1CO1.CCCCCCCCOCC1CO1.CCCOCC1CO1.c1ccc(CCCCCCOCC2CO2)cc1.c1ccc(OCC2CO2)cc1. The van der Waals surface area contributed by atoms with Crippen LogP contribution in [0.15, 0.2) is 84.9 Å². The molecular formula is C103H180O20. The van der Waals surface area contributed by atoms with E-state index in [-0.39, 0.29) is 0 Å². The number of hydrogen-bond donors (Lipinski definition) is 0. The summed E-state index contributed by atoms with van der Waals surface area (Å²) in [6, 6.07) is 29.1. The first-order valence-corrected chi connectivity index (χ1v) is 49.8. The molecule has 11 aliphatic rings. The van der Waals surface area contributed by atoms with E-state index in [1.165, 1.54) is 229 Å². The molecule has 11 atom stereocenters. The zero-order chi connectivity index (χ0) is 87.6. The van der Waals surface area contributed by atoms with Gasteiger partial charge in [-0.3, -0.25) is 0 Å². The summed E-state index contributed by atoms with van der Waals surface area (Å²) in [6.45, 7) is 43.9. The molecule has 0 N–H and O–H groups in total. The van der Waals surface area contributed by atoms with E-state index < -0.39 is 0 Å². The second-order valence-electron chi connectivity index (χ2n) is 35.3. The lowest BCUT2D eigenvalue weighted by Crippen LogP contribution is -2.18. The Balaban J connectivity index is 0.000000246. The molecule has 0 bridgehead atoms. The summed E-state index contributed by atoms with van der Waals surface area (Å²) in [5.74, 6) is 3.29. The van der Waals surface area contributed by atoms with Crippen molar-refractivity contribution in [2.45, 2.75) is 367 Å². The molecule has 3 aromatic carbocycles. The predicted octanol–water partition coefficient (Wildman–Crippen LogP) is 22.0. The molecule has 20 nitrogen and oxygen atoms in total. The first-order chi connectivity index (χ1) is 60.5. The fourth-order valence-corrected chi connectivity index (χ4v) is 12.6. The van der Waals surface area contributed by atoms with E-state index in [0.717, 1.165) is 182 Å². The number of para-hydroxylation sites is 1. The Labute approximate surface area is 749 Å². The van der Waals surface area contributed by atoms with Crippen LogP contribution in [0.1, 0.15) is 292 Å². The maximum Gasteiger partial charge on any atom is 0.119 e. The molecule has 3 aromatic rings. The molecule has 0 amide bonds. The van der Waals surface area contributed by atoms with Crippen molar-refractivity contribution in [3.05, 3.63) is 96.1 Å². The lowest BCUT2D eigenvalue weighted by atomic mass is 9.98. The van der Waals surface area contributed by atoms with Gasteiger partial charge in [-0.25, -0.2) is 0 Å². The minimum Gasteiger partial charge on any atom is -0.491 e. The number of ether oxygens (including phenoxy) is 20. The van der Waals surface area contributed by atoms with E-state index in [1.54, 1.807) is 0 Å². The molecule has 123 heavy (non-hydrogen) atoms. The van der Waals surface area contributed by atoms with E-state index in [4.69, 9.17) is 94.7 Å². The topological polar surface area (TPSA) is 218 Å². The smallest absolute Gasteiger partial charge is 0.119 e. The van der Waals surface area contributed by atoms with Gasteiger partial charge in [0.1, 0.15) is 85.8 Å². The fourth-order valence-electron chi connectivity index (χ4n) is 12.6. The van der Waals surface area contributed by atoms with Crippen molar-refractivity contribution in [1.82, 2.24) is 0 Å². The van der Waals surface area contributed by atoms with Crippen LogP contribution in [0.4, 0.5) is 0 Å². The molecule has 712 valence electrons. The average Bonchev–Trinajstić information content (AvgIpc) is 1.16. The van der Waals surface area contributed by atoms with E-state index in [1.807, 2.05) is 44.2 Å². The van der Waals surface area contributed by atoms with Gasteiger partial charge in [0, 0.05) is 39.6 Å². The summed E-state index contributed by atoms with van der Waals surface area (Å²) in [5, 5.41) is 0. The first-order valence-electron chi connectivity index (χ1n) is 49.8. The Morgan fingerprint density at radius 1 is 0.293 bits per heavy atom. The van der Waals surface area contributed by atoms with Gasteiger partial charge in [0.2, 0.25) is 0 Å². The fraction of sp³-hybridized carbons (Fsp3) is 0.825. The Hall–Kier alpha value is -3.46. The van der Waals surface area contributed by atoms with Crippen LogP contribution < -0.4 is 9.47 Å². The van der Waals surface area contributed by atoms with Gasteiger partial charge in [-0.05, 0) is 132 Å². The summed E-state index contributed by atoms with van der Waals surface area (Å²) >= 11 is 0. The van der Waals surface area contributed by atoms with Crippen molar-refractivity contribution < 1.29 is 94.7 Å². The number of epoxide rings is 10. The molecule has 11 fully saturated rings. The molecule has 1 aliphatic carbocycles. The highest BCUT2D eigenvalue weighted by Crippen LogP contribution is 2.24.